The minimum Gasteiger partial charge on any atom is -0.497 e. The third-order valence-electron chi connectivity index (χ3n) is 7.41. The molecule has 7 heteroatoms. The van der Waals surface area contributed by atoms with E-state index < -0.39 is 0 Å². The van der Waals surface area contributed by atoms with Crippen molar-refractivity contribution < 1.29 is 9.53 Å². The molecule has 1 atom stereocenters. The van der Waals surface area contributed by atoms with Crippen molar-refractivity contribution in [1.29, 1.82) is 0 Å². The van der Waals surface area contributed by atoms with Gasteiger partial charge in [-0.05, 0) is 60.9 Å². The monoisotopic (exact) mass is 493 g/mol. The second kappa shape index (κ2) is 9.41. The second-order valence-electron chi connectivity index (χ2n) is 9.87. The molecular weight excluding hydrogens is 462 g/mol. The fourth-order valence-electron chi connectivity index (χ4n) is 5.42. The number of amides is 1. The van der Waals surface area contributed by atoms with Crippen LogP contribution in [0.2, 0.25) is 0 Å². The maximum Gasteiger partial charge on any atom is 0.253 e. The first-order chi connectivity index (χ1) is 18.0. The average molecular weight is 494 g/mol. The van der Waals surface area contributed by atoms with E-state index in [2.05, 4.69) is 51.6 Å². The number of carbonyl (C=O) groups is 1. The SMILES string of the molecule is COc1ccc(Cn2c(-c3nc4cc(C(=O)N5CCCC(N)C5)ccc4n3C)cc3ccccc32)cc1. The van der Waals surface area contributed by atoms with Crippen LogP contribution in [-0.2, 0) is 13.6 Å². The van der Waals surface area contributed by atoms with Gasteiger partial charge in [-0.2, -0.15) is 0 Å². The Hall–Kier alpha value is -4.10. The molecule has 0 aliphatic carbocycles. The third-order valence-corrected chi connectivity index (χ3v) is 7.41. The number of rotatable bonds is 5. The molecule has 6 rings (SSSR count). The molecule has 1 aliphatic heterocycles. The molecule has 2 N–H and O–H groups in total. The van der Waals surface area contributed by atoms with E-state index in [0.717, 1.165) is 58.6 Å². The van der Waals surface area contributed by atoms with Gasteiger partial charge in [0.1, 0.15) is 5.75 Å². The number of methoxy groups -OCH3 is 1. The Morgan fingerprint density at radius 3 is 2.65 bits per heavy atom. The number of benzene rings is 3. The van der Waals surface area contributed by atoms with Crippen LogP contribution >= 0.6 is 0 Å². The Labute approximate surface area is 216 Å². The van der Waals surface area contributed by atoms with Gasteiger partial charge >= 0.3 is 0 Å². The smallest absolute Gasteiger partial charge is 0.253 e. The van der Waals surface area contributed by atoms with Crippen LogP contribution in [0.25, 0.3) is 33.5 Å². The molecule has 188 valence electrons. The molecule has 37 heavy (non-hydrogen) atoms. The standard InChI is InChI=1S/C30H31N5O2/c1-33-27-14-11-22(30(36)34-15-5-7-23(31)19-34)16-25(27)32-29(33)28-17-21-6-3-4-8-26(21)35(28)18-20-9-12-24(37-2)13-10-20/h3-4,6,8-14,16-17,23H,5,7,15,18-19,31H2,1-2H3. The van der Waals surface area contributed by atoms with Gasteiger partial charge in [0.05, 0.1) is 23.8 Å². The molecule has 0 bridgehead atoms. The Morgan fingerprint density at radius 1 is 1.05 bits per heavy atom. The number of nitrogens with zero attached hydrogens (tertiary/aromatic N) is 4. The van der Waals surface area contributed by atoms with Crippen LogP contribution in [-0.4, -0.2) is 51.2 Å². The van der Waals surface area contributed by atoms with Crippen LogP contribution in [0.4, 0.5) is 0 Å². The number of piperidine rings is 1. The van der Waals surface area contributed by atoms with Crippen LogP contribution in [0.3, 0.4) is 0 Å². The maximum atomic E-state index is 13.2. The zero-order valence-electron chi connectivity index (χ0n) is 21.2. The maximum absolute atomic E-state index is 13.2. The predicted octanol–water partition coefficient (Wildman–Crippen LogP) is 4.82. The van der Waals surface area contributed by atoms with Crippen molar-refractivity contribution in [3.8, 4) is 17.3 Å². The van der Waals surface area contributed by atoms with Crippen molar-refractivity contribution >= 4 is 27.8 Å². The Morgan fingerprint density at radius 2 is 1.86 bits per heavy atom. The highest BCUT2D eigenvalue weighted by Crippen LogP contribution is 2.31. The van der Waals surface area contributed by atoms with Gasteiger partial charge in [0, 0.05) is 49.2 Å². The largest absolute Gasteiger partial charge is 0.497 e. The van der Waals surface area contributed by atoms with Crippen molar-refractivity contribution in [3.63, 3.8) is 0 Å². The first kappa shape index (κ1) is 23.3. The normalized spacial score (nSPS) is 16.0. The minimum atomic E-state index is 0.0258. The zero-order chi connectivity index (χ0) is 25.5. The number of hydrogen-bond acceptors (Lipinski definition) is 4. The van der Waals surface area contributed by atoms with Crippen molar-refractivity contribution in [2.24, 2.45) is 12.8 Å². The first-order valence-electron chi connectivity index (χ1n) is 12.7. The summed E-state index contributed by atoms with van der Waals surface area (Å²) < 4.78 is 9.75. The molecule has 3 aromatic carbocycles. The van der Waals surface area contributed by atoms with Crippen molar-refractivity contribution in [2.45, 2.75) is 25.4 Å². The van der Waals surface area contributed by atoms with E-state index in [9.17, 15) is 4.79 Å². The average Bonchev–Trinajstić information content (AvgIpc) is 3.45. The number of hydrogen-bond donors (Lipinski definition) is 1. The molecule has 1 amide bonds. The second-order valence-corrected chi connectivity index (χ2v) is 9.87. The molecule has 1 fully saturated rings. The Kier molecular flexibility index (Phi) is 5.93. The van der Waals surface area contributed by atoms with Crippen LogP contribution in [0.1, 0.15) is 28.8 Å². The van der Waals surface area contributed by atoms with Gasteiger partial charge < -0.3 is 24.5 Å². The van der Waals surface area contributed by atoms with Crippen LogP contribution in [0.5, 0.6) is 5.75 Å². The van der Waals surface area contributed by atoms with E-state index in [1.165, 1.54) is 5.56 Å². The van der Waals surface area contributed by atoms with Gasteiger partial charge in [0.15, 0.2) is 5.82 Å². The number of aryl methyl sites for hydroxylation is 1. The lowest BCUT2D eigenvalue weighted by atomic mass is 10.1. The third kappa shape index (κ3) is 4.25. The molecule has 0 radical (unpaired) electrons. The number of nitrogens with two attached hydrogens (primary N) is 1. The fraction of sp³-hybridized carbons (Fsp3) is 0.267. The molecule has 3 heterocycles. The summed E-state index contributed by atoms with van der Waals surface area (Å²) in [4.78, 5) is 20.1. The first-order valence-corrected chi connectivity index (χ1v) is 12.7. The number of imidazole rings is 1. The lowest BCUT2D eigenvalue weighted by Gasteiger charge is -2.30. The van der Waals surface area contributed by atoms with Gasteiger partial charge in [-0.1, -0.05) is 30.3 Å². The van der Waals surface area contributed by atoms with E-state index in [0.29, 0.717) is 18.7 Å². The van der Waals surface area contributed by atoms with E-state index in [1.807, 2.05) is 42.3 Å². The lowest BCUT2D eigenvalue weighted by Crippen LogP contribution is -2.45. The number of aromatic nitrogens is 3. The zero-order valence-corrected chi connectivity index (χ0v) is 21.2. The number of carbonyl (C=O) groups excluding carboxylic acids is 1. The lowest BCUT2D eigenvalue weighted by molar-refractivity contribution is 0.0709. The molecule has 1 saturated heterocycles. The van der Waals surface area contributed by atoms with Gasteiger partial charge in [-0.3, -0.25) is 4.79 Å². The highest BCUT2D eigenvalue weighted by Gasteiger charge is 2.23. The van der Waals surface area contributed by atoms with E-state index in [4.69, 9.17) is 15.5 Å². The highest BCUT2D eigenvalue weighted by atomic mass is 16.5. The predicted molar refractivity (Wildman–Crippen MR) is 147 cm³/mol. The molecular formula is C30H31N5O2. The summed E-state index contributed by atoms with van der Waals surface area (Å²) in [6.45, 7) is 2.06. The molecule has 5 aromatic rings. The van der Waals surface area contributed by atoms with E-state index >= 15 is 0 Å². The van der Waals surface area contributed by atoms with Crippen molar-refractivity contribution in [1.82, 2.24) is 19.0 Å². The molecule has 0 saturated carbocycles. The van der Waals surface area contributed by atoms with E-state index in [1.54, 1.807) is 7.11 Å². The summed E-state index contributed by atoms with van der Waals surface area (Å²) in [6, 6.07) is 24.6. The molecule has 2 aromatic heterocycles. The van der Waals surface area contributed by atoms with Crippen LogP contribution < -0.4 is 10.5 Å². The van der Waals surface area contributed by atoms with Gasteiger partial charge in [-0.15, -0.1) is 0 Å². The summed E-state index contributed by atoms with van der Waals surface area (Å²) in [6.07, 6.45) is 1.92. The number of likely N-dealkylation sites (tertiary alicyclic amines) is 1. The summed E-state index contributed by atoms with van der Waals surface area (Å²) in [5.41, 5.74) is 11.9. The topological polar surface area (TPSA) is 78.3 Å². The fourth-order valence-corrected chi connectivity index (χ4v) is 5.42. The van der Waals surface area contributed by atoms with Gasteiger partial charge in [0.2, 0.25) is 0 Å². The van der Waals surface area contributed by atoms with Gasteiger partial charge in [0.25, 0.3) is 5.91 Å². The Bertz CT molecular complexity index is 1600. The quantitative estimate of drug-likeness (QED) is 0.381. The van der Waals surface area contributed by atoms with Crippen molar-refractivity contribution in [2.75, 3.05) is 20.2 Å². The van der Waals surface area contributed by atoms with E-state index in [-0.39, 0.29) is 11.9 Å². The molecule has 1 unspecified atom stereocenters. The summed E-state index contributed by atoms with van der Waals surface area (Å²) in [5, 5.41) is 1.16. The van der Waals surface area contributed by atoms with Crippen LogP contribution in [0.15, 0.2) is 72.8 Å². The Balaban J connectivity index is 1.41. The number of ether oxygens (including phenoxy) is 1. The van der Waals surface area contributed by atoms with Gasteiger partial charge in [-0.25, -0.2) is 4.98 Å². The molecule has 0 spiro atoms. The molecule has 1 aliphatic rings. The highest BCUT2D eigenvalue weighted by molar-refractivity contribution is 5.98. The van der Waals surface area contributed by atoms with Crippen molar-refractivity contribution in [3.05, 3.63) is 83.9 Å². The number of fused-ring (bicyclic) bond motifs is 2. The molecule has 7 nitrogen and oxygen atoms in total. The summed E-state index contributed by atoms with van der Waals surface area (Å²) >= 11 is 0. The summed E-state index contributed by atoms with van der Waals surface area (Å²) in [7, 11) is 3.71. The summed E-state index contributed by atoms with van der Waals surface area (Å²) in [5.74, 6) is 1.73. The van der Waals surface area contributed by atoms with Crippen LogP contribution in [0, 0.1) is 0 Å². The number of para-hydroxylation sites is 1. The minimum absolute atomic E-state index is 0.0258.